The Balaban J connectivity index is 1.97. The van der Waals surface area contributed by atoms with Gasteiger partial charge in [-0.25, -0.2) is 9.78 Å². The molecule has 0 amide bonds. The molecule has 0 saturated carbocycles. The monoisotopic (exact) mass is 418 g/mol. The van der Waals surface area contributed by atoms with Crippen LogP contribution < -0.4 is 14.8 Å². The van der Waals surface area contributed by atoms with Gasteiger partial charge in [0, 0.05) is 12.3 Å². The lowest BCUT2D eigenvalue weighted by Gasteiger charge is -2.26. The van der Waals surface area contributed by atoms with Gasteiger partial charge in [0.2, 0.25) is 0 Å². The predicted octanol–water partition coefficient (Wildman–Crippen LogP) is 3.24. The van der Waals surface area contributed by atoms with Gasteiger partial charge in [0.15, 0.2) is 11.5 Å². The Morgan fingerprint density at radius 2 is 1.93 bits per heavy atom. The number of pyridine rings is 1. The molecule has 29 heavy (non-hydrogen) atoms. The first-order chi connectivity index (χ1) is 13.9. The summed E-state index contributed by atoms with van der Waals surface area (Å²) in [5.41, 5.74) is 0.131. The number of hydrogen-bond acceptors (Lipinski definition) is 7. The third kappa shape index (κ3) is 6.05. The molecule has 1 aromatic carbocycles. The molecule has 3 atom stereocenters. The largest absolute Gasteiger partial charge is 0.503 e. The summed E-state index contributed by atoms with van der Waals surface area (Å²) in [5.74, 6) is 0.281. The topological polar surface area (TPSA) is 89.9 Å². The molecule has 156 valence electrons. The van der Waals surface area contributed by atoms with Gasteiger partial charge >= 0.3 is 5.97 Å². The molecule has 1 heterocycles. The van der Waals surface area contributed by atoms with E-state index in [0.717, 1.165) is 0 Å². The van der Waals surface area contributed by atoms with Gasteiger partial charge in [-0.2, -0.15) is 0 Å². The highest BCUT2D eigenvalue weighted by Gasteiger charge is 2.26. The fraction of sp³-hybridized carbons (Fsp3) is 0.381. The van der Waals surface area contributed by atoms with Gasteiger partial charge in [-0.1, -0.05) is 37.3 Å². The quantitative estimate of drug-likeness (QED) is 0.474. The highest BCUT2D eigenvalue weighted by atomic mass is 32.1. The van der Waals surface area contributed by atoms with Crippen molar-refractivity contribution in [2.24, 2.45) is 0 Å². The van der Waals surface area contributed by atoms with Crippen LogP contribution in [0.1, 0.15) is 32.9 Å². The van der Waals surface area contributed by atoms with Gasteiger partial charge in [-0.3, -0.25) is 0 Å². The van der Waals surface area contributed by atoms with Crippen LogP contribution in [0, 0.1) is 0 Å². The van der Waals surface area contributed by atoms with Crippen LogP contribution >= 0.6 is 12.2 Å². The van der Waals surface area contributed by atoms with Crippen LogP contribution in [-0.4, -0.2) is 46.4 Å². The van der Waals surface area contributed by atoms with Gasteiger partial charge in [0.1, 0.15) is 34.7 Å². The van der Waals surface area contributed by atoms with Gasteiger partial charge < -0.3 is 24.6 Å². The Morgan fingerprint density at radius 1 is 1.24 bits per heavy atom. The summed E-state index contributed by atoms with van der Waals surface area (Å²) in [6.45, 7) is 5.40. The maximum absolute atomic E-state index is 12.5. The number of para-hydroxylation sites is 1. The number of ether oxygens (including phenoxy) is 3. The van der Waals surface area contributed by atoms with Crippen LogP contribution in [0.3, 0.4) is 0 Å². The highest BCUT2D eigenvalue weighted by Crippen LogP contribution is 2.27. The Kier molecular flexibility index (Phi) is 8.21. The molecule has 0 spiro atoms. The number of carbonyl (C=O) groups is 1. The van der Waals surface area contributed by atoms with E-state index >= 15 is 0 Å². The first-order valence-corrected chi connectivity index (χ1v) is 9.73. The number of methoxy groups -OCH3 is 1. The molecule has 7 nitrogen and oxygen atoms in total. The zero-order chi connectivity index (χ0) is 21.4. The molecule has 2 N–H and O–H groups in total. The van der Waals surface area contributed by atoms with Crippen LogP contribution in [0.25, 0.3) is 0 Å². The molecule has 1 aromatic heterocycles. The lowest BCUT2D eigenvalue weighted by atomic mass is 10.1. The van der Waals surface area contributed by atoms with E-state index in [1.807, 2.05) is 44.2 Å². The zero-order valence-electron chi connectivity index (χ0n) is 16.9. The van der Waals surface area contributed by atoms with E-state index in [-0.39, 0.29) is 28.3 Å². The first-order valence-electron chi connectivity index (χ1n) is 9.32. The van der Waals surface area contributed by atoms with Crippen molar-refractivity contribution in [1.82, 2.24) is 10.3 Å². The molecule has 0 aliphatic rings. The van der Waals surface area contributed by atoms with Crippen molar-refractivity contribution in [2.75, 3.05) is 7.11 Å². The van der Waals surface area contributed by atoms with Crippen LogP contribution in [0.2, 0.25) is 0 Å². The van der Waals surface area contributed by atoms with Crippen molar-refractivity contribution in [2.45, 2.75) is 45.4 Å². The maximum Gasteiger partial charge on any atom is 0.328 e. The minimum Gasteiger partial charge on any atom is -0.503 e. The third-order valence-electron chi connectivity index (χ3n) is 4.28. The molecule has 0 fully saturated rings. The molecular formula is C21H26N2O5S. The molecule has 8 heteroatoms. The molecule has 0 bridgehead atoms. The van der Waals surface area contributed by atoms with E-state index in [2.05, 4.69) is 10.3 Å². The number of aromatic hydroxyl groups is 1. The van der Waals surface area contributed by atoms with Crippen LogP contribution in [-0.2, 0) is 9.53 Å². The van der Waals surface area contributed by atoms with Crippen molar-refractivity contribution in [3.63, 3.8) is 0 Å². The minimum absolute atomic E-state index is 0.118. The lowest BCUT2D eigenvalue weighted by molar-refractivity contribution is -0.155. The minimum atomic E-state index is -0.743. The summed E-state index contributed by atoms with van der Waals surface area (Å²) in [4.78, 5) is 16.7. The fourth-order valence-electron chi connectivity index (χ4n) is 2.64. The molecule has 0 unspecified atom stereocenters. The second-order valence-corrected chi connectivity index (χ2v) is 6.83. The summed E-state index contributed by atoms with van der Waals surface area (Å²) in [7, 11) is 1.43. The van der Waals surface area contributed by atoms with Crippen molar-refractivity contribution < 1.29 is 24.1 Å². The molecule has 0 radical (unpaired) electrons. The Labute approximate surface area is 176 Å². The number of benzene rings is 1. The molecule has 0 aliphatic carbocycles. The van der Waals surface area contributed by atoms with Gasteiger partial charge in [0.05, 0.1) is 7.11 Å². The summed E-state index contributed by atoms with van der Waals surface area (Å²) < 4.78 is 16.5. The second-order valence-electron chi connectivity index (χ2n) is 6.43. The van der Waals surface area contributed by atoms with Crippen molar-refractivity contribution in [3.05, 3.63) is 48.3 Å². The maximum atomic E-state index is 12.5. The zero-order valence-corrected chi connectivity index (χ0v) is 17.7. The number of aromatic nitrogens is 1. The molecule has 2 aromatic rings. The summed E-state index contributed by atoms with van der Waals surface area (Å²) in [6.07, 6.45) is 1.30. The number of esters is 1. The number of nitrogens with one attached hydrogen (secondary N) is 1. The van der Waals surface area contributed by atoms with Crippen molar-refractivity contribution in [3.8, 4) is 17.2 Å². The number of rotatable bonds is 9. The summed E-state index contributed by atoms with van der Waals surface area (Å²) in [6, 6.07) is 10.1. The third-order valence-corrected chi connectivity index (χ3v) is 4.59. The predicted molar refractivity (Wildman–Crippen MR) is 113 cm³/mol. The van der Waals surface area contributed by atoms with E-state index in [0.29, 0.717) is 12.2 Å². The number of nitrogens with zero attached hydrogens (tertiary/aromatic N) is 1. The van der Waals surface area contributed by atoms with Gasteiger partial charge in [-0.15, -0.1) is 0 Å². The Bertz CT molecular complexity index is 831. The van der Waals surface area contributed by atoms with Crippen LogP contribution in [0.15, 0.2) is 42.6 Å². The average Bonchev–Trinajstić information content (AvgIpc) is 2.72. The summed E-state index contributed by atoms with van der Waals surface area (Å²) >= 11 is 5.27. The summed E-state index contributed by atoms with van der Waals surface area (Å²) in [5, 5.41) is 13.0. The Hall–Kier alpha value is -2.87. The Morgan fingerprint density at radius 3 is 2.55 bits per heavy atom. The SMILES string of the molecule is CC[C@H](OC(=O)[C@H](C)NC(=S)c1nccc(OC)c1O)[C@@H](C)Oc1ccccc1. The average molecular weight is 419 g/mol. The van der Waals surface area contributed by atoms with Crippen LogP contribution in [0.5, 0.6) is 17.2 Å². The first kappa shape index (κ1) is 22.4. The van der Waals surface area contributed by atoms with E-state index in [1.165, 1.54) is 19.4 Å². The lowest BCUT2D eigenvalue weighted by Crippen LogP contribution is -2.43. The smallest absolute Gasteiger partial charge is 0.328 e. The van der Waals surface area contributed by atoms with E-state index in [1.54, 1.807) is 6.92 Å². The molecule has 2 rings (SSSR count). The number of hydrogen-bond donors (Lipinski definition) is 2. The van der Waals surface area contributed by atoms with Crippen molar-refractivity contribution in [1.29, 1.82) is 0 Å². The molecule has 0 aliphatic heterocycles. The standard InChI is InChI=1S/C21H26N2O5S/c1-5-16(14(3)27-15-9-7-6-8-10-15)28-21(25)13(2)23-20(29)18-19(24)17(26-4)11-12-22-18/h6-14,16,24H,5H2,1-4H3,(H,23,29)/t13-,14+,16-/m0/s1. The second kappa shape index (κ2) is 10.6. The van der Waals surface area contributed by atoms with Gasteiger partial charge in [-0.05, 0) is 32.4 Å². The fourth-order valence-corrected chi connectivity index (χ4v) is 2.97. The van der Waals surface area contributed by atoms with E-state index in [4.69, 9.17) is 26.4 Å². The molecule has 0 saturated heterocycles. The number of thiocarbonyl (C=S) groups is 1. The highest BCUT2D eigenvalue weighted by molar-refractivity contribution is 7.80. The van der Waals surface area contributed by atoms with Crippen molar-refractivity contribution >= 4 is 23.2 Å². The van der Waals surface area contributed by atoms with Gasteiger partial charge in [0.25, 0.3) is 0 Å². The van der Waals surface area contributed by atoms with E-state index in [9.17, 15) is 9.90 Å². The van der Waals surface area contributed by atoms with Crippen LogP contribution in [0.4, 0.5) is 0 Å². The number of carbonyl (C=O) groups excluding carboxylic acids is 1. The van der Waals surface area contributed by atoms with E-state index < -0.39 is 18.1 Å². The normalized spacial score (nSPS) is 13.7. The molecular weight excluding hydrogens is 392 g/mol.